The number of carbonyl (C=O) groups excluding carboxylic acids is 2. The summed E-state index contributed by atoms with van der Waals surface area (Å²) in [5.74, 6) is 0.346. The van der Waals surface area contributed by atoms with Gasteiger partial charge in [-0.05, 0) is 53.5 Å². The van der Waals surface area contributed by atoms with Gasteiger partial charge in [-0.15, -0.1) is 0 Å². The van der Waals surface area contributed by atoms with Crippen LogP contribution in [-0.4, -0.2) is 71.9 Å². The molecule has 2 amide bonds. The van der Waals surface area contributed by atoms with Crippen LogP contribution in [0.4, 0.5) is 0 Å². The predicted molar refractivity (Wildman–Crippen MR) is 176 cm³/mol. The van der Waals surface area contributed by atoms with Crippen molar-refractivity contribution >= 4 is 28.5 Å². The van der Waals surface area contributed by atoms with Gasteiger partial charge in [0.25, 0.3) is 0 Å². The summed E-state index contributed by atoms with van der Waals surface area (Å²) in [6.07, 6.45) is 3.93. The highest BCUT2D eigenvalue weighted by molar-refractivity contribution is 5.87. The molecule has 1 heterocycles. The van der Waals surface area contributed by atoms with Gasteiger partial charge in [0, 0.05) is 51.6 Å². The summed E-state index contributed by atoms with van der Waals surface area (Å²) >= 11 is 0. The minimum Gasteiger partial charge on any atom is -0.370 e. The highest BCUT2D eigenvalue weighted by atomic mass is 16.2. The van der Waals surface area contributed by atoms with Crippen LogP contribution in [0.5, 0.6) is 0 Å². The summed E-state index contributed by atoms with van der Waals surface area (Å²) in [6, 6.07) is 24.7. The highest BCUT2D eigenvalue weighted by Crippen LogP contribution is 2.26. The molecule has 1 fully saturated rings. The van der Waals surface area contributed by atoms with Crippen LogP contribution >= 0.6 is 0 Å². The molecule has 3 aromatic carbocycles. The average molecular weight is 585 g/mol. The number of nitrogens with one attached hydrogen (secondary N) is 1. The van der Waals surface area contributed by atoms with E-state index in [-0.39, 0.29) is 29.9 Å². The number of carbonyl (C=O) groups is 2. The Hall–Kier alpha value is -3.91. The van der Waals surface area contributed by atoms with Gasteiger partial charge < -0.3 is 21.7 Å². The summed E-state index contributed by atoms with van der Waals surface area (Å²) in [5, 5.41) is 5.47. The first-order valence-electron chi connectivity index (χ1n) is 15.6. The van der Waals surface area contributed by atoms with Crippen LogP contribution in [0.1, 0.15) is 51.2 Å². The zero-order valence-electron chi connectivity index (χ0n) is 25.9. The third-order valence-corrected chi connectivity index (χ3v) is 8.29. The number of nitrogens with zero attached hydrogens (tertiary/aromatic N) is 3. The number of nitrogens with two attached hydrogens (primary N) is 2. The second kappa shape index (κ2) is 15.5. The Morgan fingerprint density at radius 1 is 0.930 bits per heavy atom. The Morgan fingerprint density at radius 2 is 1.65 bits per heavy atom. The van der Waals surface area contributed by atoms with E-state index in [2.05, 4.69) is 71.5 Å². The molecule has 8 heteroatoms. The summed E-state index contributed by atoms with van der Waals surface area (Å²) in [4.78, 5) is 35.3. The van der Waals surface area contributed by atoms with Gasteiger partial charge in [0.1, 0.15) is 6.04 Å². The molecule has 0 bridgehead atoms. The lowest BCUT2D eigenvalue weighted by molar-refractivity contribution is -0.142. The first-order valence-corrected chi connectivity index (χ1v) is 15.6. The molecule has 4 rings (SSSR count). The summed E-state index contributed by atoms with van der Waals surface area (Å²) in [7, 11) is 0. The molecule has 3 atom stereocenters. The van der Waals surface area contributed by atoms with Crippen molar-refractivity contribution < 1.29 is 9.59 Å². The average Bonchev–Trinajstić information content (AvgIpc) is 2.98. The van der Waals surface area contributed by atoms with E-state index < -0.39 is 6.04 Å². The predicted octanol–water partition coefficient (Wildman–Crippen LogP) is 4.11. The van der Waals surface area contributed by atoms with E-state index in [9.17, 15) is 9.59 Å². The van der Waals surface area contributed by atoms with E-state index >= 15 is 0 Å². The quantitative estimate of drug-likeness (QED) is 0.159. The molecule has 0 spiro atoms. The minimum atomic E-state index is -0.621. The number of benzene rings is 3. The lowest BCUT2D eigenvalue weighted by atomic mass is 9.93. The van der Waals surface area contributed by atoms with E-state index in [1.165, 1.54) is 23.3 Å². The van der Waals surface area contributed by atoms with E-state index in [0.29, 0.717) is 25.4 Å². The maximum absolute atomic E-state index is 14.3. The number of hydrogen-bond acceptors (Lipinski definition) is 4. The molecule has 0 aromatic heterocycles. The lowest BCUT2D eigenvalue weighted by Crippen LogP contribution is -2.63. The molecule has 43 heavy (non-hydrogen) atoms. The molecule has 230 valence electrons. The molecule has 0 saturated carbocycles. The number of piperazine rings is 1. The first kappa shape index (κ1) is 32.0. The van der Waals surface area contributed by atoms with Crippen molar-refractivity contribution in [1.82, 2.24) is 15.1 Å². The summed E-state index contributed by atoms with van der Waals surface area (Å²) < 4.78 is 0. The highest BCUT2D eigenvalue weighted by Gasteiger charge is 2.38. The second-order valence-electron chi connectivity index (χ2n) is 12.2. The molecule has 1 aliphatic heterocycles. The monoisotopic (exact) mass is 584 g/mol. The van der Waals surface area contributed by atoms with Gasteiger partial charge >= 0.3 is 0 Å². The van der Waals surface area contributed by atoms with Crippen LogP contribution in [0.25, 0.3) is 10.8 Å². The fourth-order valence-electron chi connectivity index (χ4n) is 6.27. The molecule has 0 aliphatic carbocycles. The van der Waals surface area contributed by atoms with E-state index in [1.54, 1.807) is 0 Å². The van der Waals surface area contributed by atoms with Crippen LogP contribution in [0, 0.1) is 5.92 Å². The van der Waals surface area contributed by atoms with E-state index in [1.807, 2.05) is 35.2 Å². The Balaban J connectivity index is 1.56. The zero-order chi connectivity index (χ0) is 30.8. The lowest BCUT2D eigenvalue weighted by Gasteiger charge is -2.48. The number of hydrogen-bond donors (Lipinski definition) is 3. The second-order valence-corrected chi connectivity index (χ2v) is 12.2. The van der Waals surface area contributed by atoms with Gasteiger partial charge in [0.15, 0.2) is 5.96 Å². The molecule has 1 saturated heterocycles. The molecular weight excluding hydrogens is 536 g/mol. The van der Waals surface area contributed by atoms with Crippen molar-refractivity contribution in [2.24, 2.45) is 22.4 Å². The van der Waals surface area contributed by atoms with Crippen molar-refractivity contribution in [2.75, 3.05) is 26.2 Å². The van der Waals surface area contributed by atoms with Gasteiger partial charge in [-0.2, -0.15) is 0 Å². The molecule has 3 aromatic rings. The van der Waals surface area contributed by atoms with E-state index in [0.717, 1.165) is 44.3 Å². The SMILES string of the molecule is CC(=O)N[C@H](Cc1ccccc1)C(=O)N1C[C@@H](CC(C)C)N(CCc2ccc3ccccc3c2)C[C@@H]1CCCN=C(N)N. The zero-order valence-corrected chi connectivity index (χ0v) is 25.9. The molecule has 8 nitrogen and oxygen atoms in total. The molecule has 0 radical (unpaired) electrons. The number of rotatable bonds is 13. The number of aliphatic imine (C=N–C) groups is 1. The number of fused-ring (bicyclic) bond motifs is 1. The minimum absolute atomic E-state index is 0.00579. The first-order chi connectivity index (χ1) is 20.7. The molecule has 0 unspecified atom stereocenters. The maximum Gasteiger partial charge on any atom is 0.245 e. The molecule has 5 N–H and O–H groups in total. The van der Waals surface area contributed by atoms with Gasteiger partial charge in [-0.25, -0.2) is 0 Å². The van der Waals surface area contributed by atoms with Crippen LogP contribution in [0.15, 0.2) is 77.8 Å². The van der Waals surface area contributed by atoms with Crippen molar-refractivity contribution in [3.63, 3.8) is 0 Å². The van der Waals surface area contributed by atoms with E-state index in [4.69, 9.17) is 11.5 Å². The van der Waals surface area contributed by atoms with Crippen molar-refractivity contribution in [3.05, 3.63) is 83.9 Å². The topological polar surface area (TPSA) is 117 Å². The smallest absolute Gasteiger partial charge is 0.245 e. The van der Waals surface area contributed by atoms with Gasteiger partial charge in [0.05, 0.1) is 0 Å². The Kier molecular flexibility index (Phi) is 11.6. The third kappa shape index (κ3) is 9.55. The van der Waals surface area contributed by atoms with Crippen LogP contribution in [0.2, 0.25) is 0 Å². The standard InChI is InChI=1S/C35H48N6O2/c1-25(2)20-32-24-41(34(43)33(39-26(3)42)22-27-10-5-4-6-11-27)31(14-9-18-38-35(36)37)23-40(32)19-17-28-15-16-29-12-7-8-13-30(29)21-28/h4-8,10-13,15-16,21,25,31-33H,9,14,17-20,22-24H2,1-3H3,(H,39,42)(H4,36,37,38)/t31-,32+,33+/m0/s1. The largest absolute Gasteiger partial charge is 0.370 e. The fourth-order valence-corrected chi connectivity index (χ4v) is 6.27. The molecule has 1 aliphatic rings. The van der Waals surface area contributed by atoms with Gasteiger partial charge in [-0.3, -0.25) is 19.5 Å². The summed E-state index contributed by atoms with van der Waals surface area (Å²) in [6.45, 7) is 8.80. The van der Waals surface area contributed by atoms with Crippen molar-refractivity contribution in [1.29, 1.82) is 0 Å². The van der Waals surface area contributed by atoms with Crippen LogP contribution in [-0.2, 0) is 22.4 Å². The fraction of sp³-hybridized carbons (Fsp3) is 0.457. The Morgan fingerprint density at radius 3 is 2.35 bits per heavy atom. The van der Waals surface area contributed by atoms with Gasteiger partial charge in [0.2, 0.25) is 11.8 Å². The number of amides is 2. The Labute approximate surface area is 256 Å². The van der Waals surface area contributed by atoms with Gasteiger partial charge in [-0.1, -0.05) is 86.6 Å². The van der Waals surface area contributed by atoms with Crippen LogP contribution in [0.3, 0.4) is 0 Å². The molecular formula is C35H48N6O2. The van der Waals surface area contributed by atoms with Crippen LogP contribution < -0.4 is 16.8 Å². The Bertz CT molecular complexity index is 1370. The maximum atomic E-state index is 14.3. The van der Waals surface area contributed by atoms with Crippen molar-refractivity contribution in [2.45, 2.75) is 71.0 Å². The third-order valence-electron chi connectivity index (χ3n) is 8.29. The summed E-state index contributed by atoms with van der Waals surface area (Å²) in [5.41, 5.74) is 13.5. The normalized spacial score (nSPS) is 18.0. The number of guanidine groups is 1. The van der Waals surface area contributed by atoms with Crippen molar-refractivity contribution in [3.8, 4) is 0 Å².